The average molecular weight is 505 g/mol. The fourth-order valence-corrected chi connectivity index (χ4v) is 3.17. The minimum absolute atomic E-state index is 0.311. The first-order valence-corrected chi connectivity index (χ1v) is 11.8. The number of hydrogen-bond acceptors (Lipinski definition) is 10. The maximum Gasteiger partial charge on any atom is 0.150 e. The molecule has 36 heavy (non-hydrogen) atoms. The molecule has 0 saturated heterocycles. The summed E-state index contributed by atoms with van der Waals surface area (Å²) in [7, 11) is 0. The molecule has 0 N–H and O–H groups in total. The van der Waals surface area contributed by atoms with Crippen LogP contribution in [0.25, 0.3) is 0 Å². The molecule has 0 aliphatic carbocycles. The maximum absolute atomic E-state index is 11.2. The number of ether oxygens (including phenoxy) is 8. The highest BCUT2D eigenvalue weighted by Gasteiger charge is 2.06. The summed E-state index contributed by atoms with van der Waals surface area (Å²) in [6.07, 6.45) is 1.48. The van der Waals surface area contributed by atoms with E-state index >= 15 is 0 Å². The van der Waals surface area contributed by atoms with Crippen LogP contribution in [0, 0.1) is 0 Å². The molecule has 0 unspecified atom stereocenters. The van der Waals surface area contributed by atoms with E-state index in [2.05, 4.69) is 0 Å². The van der Waals surface area contributed by atoms with E-state index in [1.165, 1.54) is 0 Å². The standard InChI is InChI=1S/C26H32O10/c27-19-21-13-23-17-25(15-21)35-11-7-31-3-4-32-8-12-36-26-16-22(20-28)14-24(18-26)34-10-6-30-2-1-29-5-9-33-23/h13-20H,1-12H2. The zero-order chi connectivity index (χ0) is 25.3. The van der Waals surface area contributed by atoms with Crippen molar-refractivity contribution in [2.75, 3.05) is 79.3 Å². The van der Waals surface area contributed by atoms with Crippen LogP contribution >= 0.6 is 0 Å². The van der Waals surface area contributed by atoms with E-state index in [4.69, 9.17) is 37.9 Å². The van der Waals surface area contributed by atoms with Gasteiger partial charge in [0.25, 0.3) is 0 Å². The molecule has 3 rings (SSSR count). The molecule has 10 nitrogen and oxygen atoms in total. The lowest BCUT2D eigenvalue weighted by Crippen LogP contribution is -2.14. The average Bonchev–Trinajstić information content (AvgIpc) is 2.90. The maximum atomic E-state index is 11.2. The number of benzene rings is 2. The van der Waals surface area contributed by atoms with E-state index in [-0.39, 0.29) is 0 Å². The summed E-state index contributed by atoms with van der Waals surface area (Å²) < 4.78 is 44.8. The quantitative estimate of drug-likeness (QED) is 0.567. The van der Waals surface area contributed by atoms with Gasteiger partial charge in [0.15, 0.2) is 0 Å². The molecule has 4 bridgehead atoms. The van der Waals surface area contributed by atoms with E-state index in [9.17, 15) is 9.59 Å². The fourth-order valence-electron chi connectivity index (χ4n) is 3.17. The van der Waals surface area contributed by atoms with Gasteiger partial charge in [0.05, 0.1) is 52.9 Å². The summed E-state index contributed by atoms with van der Waals surface area (Å²) in [6.45, 7) is 4.26. The van der Waals surface area contributed by atoms with Gasteiger partial charge < -0.3 is 37.9 Å². The Morgan fingerprint density at radius 2 is 0.639 bits per heavy atom. The summed E-state index contributed by atoms with van der Waals surface area (Å²) in [4.78, 5) is 22.5. The van der Waals surface area contributed by atoms with Crippen LogP contribution in [0.15, 0.2) is 36.4 Å². The van der Waals surface area contributed by atoms with Gasteiger partial charge in [0, 0.05) is 23.3 Å². The third kappa shape index (κ3) is 10.6. The second kappa shape index (κ2) is 16.5. The van der Waals surface area contributed by atoms with Crippen LogP contribution in [0.2, 0.25) is 0 Å². The van der Waals surface area contributed by atoms with Gasteiger partial charge in [0.2, 0.25) is 0 Å². The van der Waals surface area contributed by atoms with E-state index in [0.717, 1.165) is 12.6 Å². The second-order valence-corrected chi connectivity index (χ2v) is 7.55. The molecule has 0 fully saturated rings. The Bertz CT molecular complexity index is 797. The van der Waals surface area contributed by atoms with Crippen molar-refractivity contribution < 1.29 is 47.5 Å². The normalized spacial score (nSPS) is 17.3. The van der Waals surface area contributed by atoms with Crippen molar-refractivity contribution in [2.45, 2.75) is 0 Å². The number of carbonyl (C=O) groups excluding carboxylic acids is 2. The predicted molar refractivity (Wildman–Crippen MR) is 129 cm³/mol. The highest BCUT2D eigenvalue weighted by Crippen LogP contribution is 2.23. The van der Waals surface area contributed by atoms with Crippen molar-refractivity contribution in [2.24, 2.45) is 0 Å². The lowest BCUT2D eigenvalue weighted by Gasteiger charge is -2.13. The van der Waals surface area contributed by atoms with E-state index < -0.39 is 0 Å². The van der Waals surface area contributed by atoms with Crippen molar-refractivity contribution in [1.82, 2.24) is 0 Å². The van der Waals surface area contributed by atoms with Crippen LogP contribution in [0.4, 0.5) is 0 Å². The van der Waals surface area contributed by atoms with Gasteiger partial charge in [-0.05, 0) is 24.3 Å². The highest BCUT2D eigenvalue weighted by atomic mass is 16.6. The minimum atomic E-state index is 0.311. The van der Waals surface area contributed by atoms with Gasteiger partial charge >= 0.3 is 0 Å². The Labute approximate surface area is 210 Å². The Kier molecular flexibility index (Phi) is 12.6. The van der Waals surface area contributed by atoms with Crippen LogP contribution in [0.5, 0.6) is 23.0 Å². The van der Waals surface area contributed by atoms with Gasteiger partial charge in [-0.15, -0.1) is 0 Å². The summed E-state index contributed by atoms with van der Waals surface area (Å²) in [6, 6.07) is 10.0. The van der Waals surface area contributed by atoms with Crippen molar-refractivity contribution >= 4 is 12.6 Å². The van der Waals surface area contributed by atoms with E-state index in [0.29, 0.717) is 113 Å². The molecule has 1 aliphatic rings. The summed E-state index contributed by atoms with van der Waals surface area (Å²) in [5.74, 6) is 2.08. The number of hydrogen-bond donors (Lipinski definition) is 0. The fraction of sp³-hybridized carbons (Fsp3) is 0.462. The van der Waals surface area contributed by atoms with Gasteiger partial charge in [-0.3, -0.25) is 9.59 Å². The Hall–Kier alpha value is -3.18. The van der Waals surface area contributed by atoms with Crippen LogP contribution in [-0.4, -0.2) is 91.9 Å². The Morgan fingerprint density at radius 1 is 0.389 bits per heavy atom. The topological polar surface area (TPSA) is 108 Å². The first-order valence-electron chi connectivity index (χ1n) is 11.8. The third-order valence-electron chi connectivity index (χ3n) is 4.81. The minimum Gasteiger partial charge on any atom is -0.491 e. The van der Waals surface area contributed by atoms with Crippen LogP contribution < -0.4 is 18.9 Å². The largest absolute Gasteiger partial charge is 0.491 e. The molecule has 1 aliphatic heterocycles. The zero-order valence-corrected chi connectivity index (χ0v) is 20.2. The SMILES string of the molecule is O=Cc1cc2cc(c1)OCCOCCOCCOc1cc(C=O)cc(c1)OCCOCCOCCO2. The van der Waals surface area contributed by atoms with Gasteiger partial charge in [-0.2, -0.15) is 0 Å². The molecule has 2 aromatic carbocycles. The zero-order valence-electron chi connectivity index (χ0n) is 20.2. The Balaban J connectivity index is 1.50. The molecule has 0 aromatic heterocycles. The predicted octanol–water partition coefficient (Wildman–Crippen LogP) is 2.61. The van der Waals surface area contributed by atoms with E-state index in [1.54, 1.807) is 36.4 Å². The molecule has 10 heteroatoms. The summed E-state index contributed by atoms with van der Waals surface area (Å²) in [5.41, 5.74) is 0.912. The van der Waals surface area contributed by atoms with Gasteiger partial charge in [-0.25, -0.2) is 0 Å². The molecule has 0 spiro atoms. The molecule has 0 radical (unpaired) electrons. The monoisotopic (exact) mass is 504 g/mol. The number of aldehydes is 2. The van der Waals surface area contributed by atoms with Crippen LogP contribution in [0.1, 0.15) is 20.7 Å². The smallest absolute Gasteiger partial charge is 0.150 e. The molecule has 1 heterocycles. The molecule has 0 saturated carbocycles. The van der Waals surface area contributed by atoms with E-state index in [1.807, 2.05) is 0 Å². The van der Waals surface area contributed by atoms with Crippen LogP contribution in [-0.2, 0) is 18.9 Å². The molecular weight excluding hydrogens is 472 g/mol. The number of carbonyl (C=O) groups is 2. The molecule has 2 aromatic rings. The molecule has 0 amide bonds. The summed E-state index contributed by atoms with van der Waals surface area (Å²) in [5, 5.41) is 0. The molecule has 0 atom stereocenters. The van der Waals surface area contributed by atoms with Crippen molar-refractivity contribution in [3.05, 3.63) is 47.5 Å². The summed E-state index contributed by atoms with van der Waals surface area (Å²) >= 11 is 0. The molecule has 196 valence electrons. The van der Waals surface area contributed by atoms with Crippen molar-refractivity contribution in [3.8, 4) is 23.0 Å². The van der Waals surface area contributed by atoms with Crippen LogP contribution in [0.3, 0.4) is 0 Å². The van der Waals surface area contributed by atoms with Crippen molar-refractivity contribution in [1.29, 1.82) is 0 Å². The number of rotatable bonds is 2. The third-order valence-corrected chi connectivity index (χ3v) is 4.81. The van der Waals surface area contributed by atoms with Gasteiger partial charge in [-0.1, -0.05) is 0 Å². The number of fused-ring (bicyclic) bond motifs is 4. The Morgan fingerprint density at radius 3 is 0.889 bits per heavy atom. The molecular formula is C26H32O10. The second-order valence-electron chi connectivity index (χ2n) is 7.55. The highest BCUT2D eigenvalue weighted by molar-refractivity contribution is 5.77. The first kappa shape index (κ1) is 27.4. The lowest BCUT2D eigenvalue weighted by atomic mass is 10.2. The first-order chi connectivity index (χ1) is 17.8. The lowest BCUT2D eigenvalue weighted by molar-refractivity contribution is 0.0260. The van der Waals surface area contributed by atoms with Crippen molar-refractivity contribution in [3.63, 3.8) is 0 Å². The van der Waals surface area contributed by atoms with Gasteiger partial charge in [0.1, 0.15) is 62.0 Å².